The number of hydrogen-bond acceptors (Lipinski definition) is 7. The quantitative estimate of drug-likeness (QED) is 0.672. The smallest absolute Gasteiger partial charge is 0.280 e. The van der Waals surface area contributed by atoms with E-state index in [9.17, 15) is 9.59 Å². The Morgan fingerprint density at radius 3 is 3.00 bits per heavy atom. The summed E-state index contributed by atoms with van der Waals surface area (Å²) in [5, 5.41) is 6.33. The maximum atomic E-state index is 12.1. The first-order valence-corrected chi connectivity index (χ1v) is 7.25. The van der Waals surface area contributed by atoms with Crippen LogP contribution in [0.4, 0.5) is 0 Å². The Morgan fingerprint density at radius 1 is 1.33 bits per heavy atom. The fourth-order valence-electron chi connectivity index (χ4n) is 2.13. The van der Waals surface area contributed by atoms with E-state index in [2.05, 4.69) is 25.4 Å². The van der Waals surface area contributed by atoms with E-state index in [1.165, 1.54) is 7.11 Å². The van der Waals surface area contributed by atoms with Gasteiger partial charge in [-0.05, 0) is 12.1 Å². The molecule has 1 aromatic carbocycles. The van der Waals surface area contributed by atoms with Gasteiger partial charge in [0.05, 0.1) is 11.0 Å². The third-order valence-corrected chi connectivity index (χ3v) is 3.22. The number of benzene rings is 1. The molecule has 0 spiro atoms. The Kier molecular flexibility index (Phi) is 4.62. The fourth-order valence-corrected chi connectivity index (χ4v) is 2.13. The molecule has 2 N–H and O–H groups in total. The summed E-state index contributed by atoms with van der Waals surface area (Å²) in [5.41, 5.74) is 0.407. The van der Waals surface area contributed by atoms with E-state index in [0.717, 1.165) is 0 Å². The van der Waals surface area contributed by atoms with Gasteiger partial charge in [0.2, 0.25) is 5.89 Å². The molecule has 0 unspecified atom stereocenters. The van der Waals surface area contributed by atoms with Crippen LogP contribution in [0.2, 0.25) is 0 Å². The molecule has 2 aromatic heterocycles. The molecule has 0 aliphatic carbocycles. The van der Waals surface area contributed by atoms with Crippen LogP contribution in [0.1, 0.15) is 22.2 Å². The van der Waals surface area contributed by atoms with Crippen molar-refractivity contribution < 1.29 is 14.1 Å². The first-order valence-electron chi connectivity index (χ1n) is 7.25. The van der Waals surface area contributed by atoms with Crippen molar-refractivity contribution >= 4 is 16.9 Å². The van der Waals surface area contributed by atoms with Crippen molar-refractivity contribution in [2.24, 2.45) is 0 Å². The van der Waals surface area contributed by atoms with Gasteiger partial charge < -0.3 is 19.6 Å². The number of carbonyl (C=O) groups is 1. The van der Waals surface area contributed by atoms with E-state index in [-0.39, 0.29) is 18.8 Å². The highest BCUT2D eigenvalue weighted by Gasteiger charge is 2.14. The summed E-state index contributed by atoms with van der Waals surface area (Å²) in [6, 6.07) is 7.00. The molecular weight excluding hydrogens is 314 g/mol. The lowest BCUT2D eigenvalue weighted by molar-refractivity contribution is 0.0947. The van der Waals surface area contributed by atoms with Crippen molar-refractivity contribution in [3.63, 3.8) is 0 Å². The summed E-state index contributed by atoms with van der Waals surface area (Å²) in [5.74, 6) is 0.257. The van der Waals surface area contributed by atoms with E-state index in [1.54, 1.807) is 24.3 Å². The average Bonchev–Trinajstić information content (AvgIpc) is 3.02. The first-order chi connectivity index (χ1) is 11.7. The lowest BCUT2D eigenvalue weighted by Crippen LogP contribution is -2.32. The van der Waals surface area contributed by atoms with Crippen LogP contribution < -0.4 is 10.9 Å². The topological polar surface area (TPSA) is 123 Å². The predicted molar refractivity (Wildman–Crippen MR) is 83.4 cm³/mol. The van der Waals surface area contributed by atoms with Crippen LogP contribution in [0.3, 0.4) is 0 Å². The summed E-state index contributed by atoms with van der Waals surface area (Å²) < 4.78 is 9.90. The summed E-state index contributed by atoms with van der Waals surface area (Å²) in [6.07, 6.45) is 0.341. The van der Waals surface area contributed by atoms with E-state index in [0.29, 0.717) is 29.2 Å². The molecule has 3 aromatic rings. The van der Waals surface area contributed by atoms with Gasteiger partial charge in [-0.25, -0.2) is 4.98 Å². The number of aromatic amines is 1. The molecule has 9 nitrogen and oxygen atoms in total. The standard InChI is InChI=1S/C15H15N5O4/c1-23-8-11-19-12(24-20-11)6-7-16-14(21)13-15(22)18-10-5-3-2-4-9(10)17-13/h2-5H,6-8H2,1H3,(H,16,21)(H,18,22). The summed E-state index contributed by atoms with van der Waals surface area (Å²) in [6.45, 7) is 0.494. The van der Waals surface area contributed by atoms with Crippen molar-refractivity contribution in [3.8, 4) is 0 Å². The van der Waals surface area contributed by atoms with Gasteiger partial charge in [0, 0.05) is 20.1 Å². The third kappa shape index (κ3) is 3.46. The lowest BCUT2D eigenvalue weighted by atomic mass is 10.3. The number of nitrogens with one attached hydrogen (secondary N) is 2. The van der Waals surface area contributed by atoms with E-state index >= 15 is 0 Å². The second-order valence-electron chi connectivity index (χ2n) is 4.97. The highest BCUT2D eigenvalue weighted by molar-refractivity contribution is 5.93. The number of fused-ring (bicyclic) bond motifs is 1. The molecular formula is C15H15N5O4. The molecule has 0 fully saturated rings. The molecule has 0 saturated heterocycles. The van der Waals surface area contributed by atoms with Crippen LogP contribution in [0.25, 0.3) is 11.0 Å². The van der Waals surface area contributed by atoms with Crippen LogP contribution in [-0.2, 0) is 17.8 Å². The van der Waals surface area contributed by atoms with Gasteiger partial charge in [-0.1, -0.05) is 17.3 Å². The molecule has 0 bridgehead atoms. The van der Waals surface area contributed by atoms with Gasteiger partial charge in [-0.3, -0.25) is 9.59 Å². The third-order valence-electron chi connectivity index (χ3n) is 3.22. The first kappa shape index (κ1) is 15.8. The van der Waals surface area contributed by atoms with Crippen molar-refractivity contribution in [3.05, 3.63) is 52.0 Å². The summed E-state index contributed by atoms with van der Waals surface area (Å²) >= 11 is 0. The summed E-state index contributed by atoms with van der Waals surface area (Å²) in [7, 11) is 1.53. The highest BCUT2D eigenvalue weighted by atomic mass is 16.5. The number of aromatic nitrogens is 4. The van der Waals surface area contributed by atoms with E-state index in [4.69, 9.17) is 9.26 Å². The van der Waals surface area contributed by atoms with Crippen molar-refractivity contribution in [2.45, 2.75) is 13.0 Å². The Morgan fingerprint density at radius 2 is 2.17 bits per heavy atom. The summed E-state index contributed by atoms with van der Waals surface area (Å²) in [4.78, 5) is 34.9. The minimum Gasteiger partial charge on any atom is -0.377 e. The fraction of sp³-hybridized carbons (Fsp3) is 0.267. The van der Waals surface area contributed by atoms with Gasteiger partial charge in [0.25, 0.3) is 11.5 Å². The molecule has 2 heterocycles. The second-order valence-corrected chi connectivity index (χ2v) is 4.97. The molecule has 124 valence electrons. The van der Waals surface area contributed by atoms with Crippen LogP contribution in [-0.4, -0.2) is 39.7 Å². The van der Waals surface area contributed by atoms with Crippen LogP contribution in [0.15, 0.2) is 33.6 Å². The number of ether oxygens (including phenoxy) is 1. The molecule has 0 aliphatic rings. The zero-order valence-electron chi connectivity index (χ0n) is 12.9. The normalized spacial score (nSPS) is 10.9. The molecule has 3 rings (SSSR count). The Hall–Kier alpha value is -3.07. The van der Waals surface area contributed by atoms with Crippen molar-refractivity contribution in [2.75, 3.05) is 13.7 Å². The predicted octanol–water partition coefficient (Wildman–Crippen LogP) is 0.425. The maximum Gasteiger partial charge on any atom is 0.280 e. The number of para-hydroxylation sites is 2. The van der Waals surface area contributed by atoms with Gasteiger partial charge >= 0.3 is 0 Å². The van der Waals surface area contributed by atoms with Crippen LogP contribution in [0.5, 0.6) is 0 Å². The van der Waals surface area contributed by atoms with Crippen molar-refractivity contribution in [1.29, 1.82) is 0 Å². The van der Waals surface area contributed by atoms with Gasteiger partial charge in [0.15, 0.2) is 11.5 Å². The number of H-pyrrole nitrogens is 1. The number of nitrogens with zero attached hydrogens (tertiary/aromatic N) is 3. The highest BCUT2D eigenvalue weighted by Crippen LogP contribution is 2.06. The Bertz CT molecular complexity index is 917. The molecule has 0 aliphatic heterocycles. The second kappa shape index (κ2) is 7.01. The van der Waals surface area contributed by atoms with Gasteiger partial charge in [-0.15, -0.1) is 0 Å². The number of amides is 1. The van der Waals surface area contributed by atoms with Crippen LogP contribution >= 0.6 is 0 Å². The van der Waals surface area contributed by atoms with E-state index in [1.807, 2.05) is 0 Å². The van der Waals surface area contributed by atoms with E-state index < -0.39 is 11.5 Å². The molecule has 0 radical (unpaired) electrons. The molecule has 0 atom stereocenters. The monoisotopic (exact) mass is 329 g/mol. The number of hydrogen-bond donors (Lipinski definition) is 2. The zero-order chi connectivity index (χ0) is 16.9. The maximum absolute atomic E-state index is 12.1. The number of rotatable bonds is 6. The minimum atomic E-state index is -0.557. The van der Waals surface area contributed by atoms with Gasteiger partial charge in [0.1, 0.15) is 6.61 Å². The average molecular weight is 329 g/mol. The van der Waals surface area contributed by atoms with Crippen molar-refractivity contribution in [1.82, 2.24) is 25.4 Å². The molecule has 24 heavy (non-hydrogen) atoms. The molecule has 0 saturated carbocycles. The van der Waals surface area contributed by atoms with Crippen LogP contribution in [0, 0.1) is 0 Å². The zero-order valence-corrected chi connectivity index (χ0v) is 12.9. The molecule has 1 amide bonds. The van der Waals surface area contributed by atoms with Gasteiger partial charge in [-0.2, -0.15) is 4.98 Å². The lowest BCUT2D eigenvalue weighted by Gasteiger charge is -2.03. The Labute approximate surface area is 136 Å². The largest absolute Gasteiger partial charge is 0.377 e. The number of methoxy groups -OCH3 is 1. The molecule has 9 heteroatoms. The SMILES string of the molecule is COCc1noc(CCNC(=O)c2nc3ccccc3[nH]c2=O)n1. The Balaban J connectivity index is 1.64. The number of carbonyl (C=O) groups excluding carboxylic acids is 1. The minimum absolute atomic E-state index is 0.181.